The van der Waals surface area contributed by atoms with Crippen molar-refractivity contribution in [2.45, 2.75) is 39.3 Å². The molecule has 1 aromatic carbocycles. The molecule has 0 aliphatic carbocycles. The summed E-state index contributed by atoms with van der Waals surface area (Å²) in [5.74, 6) is -0.161. The van der Waals surface area contributed by atoms with Gasteiger partial charge in [0, 0.05) is 38.0 Å². The van der Waals surface area contributed by atoms with Crippen LogP contribution in [0, 0.1) is 11.6 Å². The third-order valence-corrected chi connectivity index (χ3v) is 4.09. The van der Waals surface area contributed by atoms with Gasteiger partial charge in [-0.2, -0.15) is 0 Å². The van der Waals surface area contributed by atoms with Crippen LogP contribution in [0.5, 0.6) is 0 Å². The van der Waals surface area contributed by atoms with E-state index in [1.54, 1.807) is 0 Å². The second-order valence-corrected chi connectivity index (χ2v) is 5.88. The number of hydrogen-bond acceptors (Lipinski definition) is 3. The fourth-order valence-electron chi connectivity index (χ4n) is 2.93. The number of aromatic nitrogens is 2. The molecule has 6 heteroatoms. The minimum absolute atomic E-state index is 0.122. The van der Waals surface area contributed by atoms with E-state index in [2.05, 4.69) is 9.97 Å². The molecule has 0 saturated carbocycles. The van der Waals surface area contributed by atoms with Crippen molar-refractivity contribution in [1.29, 1.82) is 0 Å². The maximum absolute atomic E-state index is 13.8. The molecule has 0 unspecified atom stereocenters. The van der Waals surface area contributed by atoms with Gasteiger partial charge in [-0.25, -0.2) is 13.8 Å². The number of halogens is 2. The summed E-state index contributed by atoms with van der Waals surface area (Å²) in [5.41, 5.74) is 1.64. The molecule has 0 spiro atoms. The summed E-state index contributed by atoms with van der Waals surface area (Å²) in [5, 5.41) is 0. The summed E-state index contributed by atoms with van der Waals surface area (Å²) < 4.78 is 27.0. The average molecular weight is 319 g/mol. The van der Waals surface area contributed by atoms with E-state index in [9.17, 15) is 13.6 Å². The van der Waals surface area contributed by atoms with Crippen LogP contribution in [-0.4, -0.2) is 21.4 Å². The lowest BCUT2D eigenvalue weighted by Crippen LogP contribution is -2.36. The SMILES string of the molecule is CCCc1nc2c(c(=O)[nH]1)CN(Cc1cc(F)ccc1F)CC2. The molecule has 3 rings (SSSR count). The van der Waals surface area contributed by atoms with Crippen LogP contribution in [0.25, 0.3) is 0 Å². The summed E-state index contributed by atoms with van der Waals surface area (Å²) in [6, 6.07) is 3.44. The average Bonchev–Trinajstić information content (AvgIpc) is 2.52. The van der Waals surface area contributed by atoms with Gasteiger partial charge in [0.05, 0.1) is 11.3 Å². The fraction of sp³-hybridized carbons (Fsp3) is 0.412. The van der Waals surface area contributed by atoms with Gasteiger partial charge < -0.3 is 4.98 Å². The van der Waals surface area contributed by atoms with E-state index in [4.69, 9.17) is 0 Å². The van der Waals surface area contributed by atoms with Crippen LogP contribution in [0.3, 0.4) is 0 Å². The van der Waals surface area contributed by atoms with Crippen LogP contribution >= 0.6 is 0 Å². The standard InChI is InChI=1S/C17H19F2N3O/c1-2-3-16-20-15-6-7-22(10-13(15)17(23)21-16)9-11-8-12(18)4-5-14(11)19/h4-5,8H,2-3,6-7,9-10H2,1H3,(H,20,21,23). The Kier molecular flexibility index (Phi) is 4.52. The molecule has 0 radical (unpaired) electrons. The molecule has 0 bridgehead atoms. The highest BCUT2D eigenvalue weighted by atomic mass is 19.1. The van der Waals surface area contributed by atoms with Gasteiger partial charge in [-0.3, -0.25) is 9.69 Å². The number of hydrogen-bond donors (Lipinski definition) is 1. The van der Waals surface area contributed by atoms with Gasteiger partial charge in [-0.15, -0.1) is 0 Å². The predicted molar refractivity (Wildman–Crippen MR) is 83.0 cm³/mol. The van der Waals surface area contributed by atoms with Crippen LogP contribution < -0.4 is 5.56 Å². The van der Waals surface area contributed by atoms with E-state index >= 15 is 0 Å². The van der Waals surface area contributed by atoms with Crippen LogP contribution in [0.4, 0.5) is 8.78 Å². The maximum atomic E-state index is 13.8. The molecule has 0 saturated heterocycles. The van der Waals surface area contributed by atoms with Gasteiger partial charge in [0.15, 0.2) is 0 Å². The normalized spacial score (nSPS) is 14.7. The summed E-state index contributed by atoms with van der Waals surface area (Å²) in [6.07, 6.45) is 2.32. The monoisotopic (exact) mass is 319 g/mol. The largest absolute Gasteiger partial charge is 0.310 e. The number of H-pyrrole nitrogens is 1. The van der Waals surface area contributed by atoms with Gasteiger partial charge in [-0.05, 0) is 24.6 Å². The Hall–Kier alpha value is -2.08. The van der Waals surface area contributed by atoms with Gasteiger partial charge in [0.1, 0.15) is 17.5 Å². The van der Waals surface area contributed by atoms with Crippen molar-refractivity contribution < 1.29 is 8.78 Å². The smallest absolute Gasteiger partial charge is 0.255 e. The Bertz CT molecular complexity index is 773. The van der Waals surface area contributed by atoms with E-state index in [0.29, 0.717) is 30.6 Å². The van der Waals surface area contributed by atoms with Gasteiger partial charge in [0.25, 0.3) is 5.56 Å². The highest BCUT2D eigenvalue weighted by Gasteiger charge is 2.22. The van der Waals surface area contributed by atoms with E-state index in [1.807, 2.05) is 11.8 Å². The summed E-state index contributed by atoms with van der Waals surface area (Å²) in [7, 11) is 0. The maximum Gasteiger partial charge on any atom is 0.255 e. The number of benzene rings is 1. The Morgan fingerprint density at radius 3 is 2.96 bits per heavy atom. The molecular weight excluding hydrogens is 300 g/mol. The van der Waals surface area contributed by atoms with Gasteiger partial charge >= 0.3 is 0 Å². The molecule has 2 heterocycles. The van der Waals surface area contributed by atoms with E-state index in [1.165, 1.54) is 6.07 Å². The molecule has 2 aromatic rings. The molecule has 122 valence electrons. The van der Waals surface area contributed by atoms with Crippen molar-refractivity contribution in [1.82, 2.24) is 14.9 Å². The van der Waals surface area contributed by atoms with E-state index in [-0.39, 0.29) is 12.1 Å². The number of aryl methyl sites for hydroxylation is 1. The number of aromatic amines is 1. The predicted octanol–water partition coefficient (Wildman–Crippen LogP) is 2.56. The molecule has 0 amide bonds. The number of nitrogens with one attached hydrogen (secondary N) is 1. The molecule has 23 heavy (non-hydrogen) atoms. The Balaban J connectivity index is 1.80. The topological polar surface area (TPSA) is 49.0 Å². The summed E-state index contributed by atoms with van der Waals surface area (Å²) in [6.45, 7) is 3.39. The second kappa shape index (κ2) is 6.58. The molecule has 1 N–H and O–H groups in total. The molecule has 1 aliphatic rings. The van der Waals surface area contributed by atoms with Crippen LogP contribution in [0.15, 0.2) is 23.0 Å². The first-order chi connectivity index (χ1) is 11.1. The first-order valence-electron chi connectivity index (χ1n) is 7.84. The van der Waals surface area contributed by atoms with Crippen molar-refractivity contribution in [3.8, 4) is 0 Å². The molecular formula is C17H19F2N3O. The molecule has 0 atom stereocenters. The Morgan fingerprint density at radius 2 is 2.17 bits per heavy atom. The Morgan fingerprint density at radius 1 is 1.35 bits per heavy atom. The van der Waals surface area contributed by atoms with E-state index in [0.717, 1.165) is 36.5 Å². The van der Waals surface area contributed by atoms with Crippen LogP contribution in [0.2, 0.25) is 0 Å². The third kappa shape index (κ3) is 3.47. The first-order valence-corrected chi connectivity index (χ1v) is 7.84. The quantitative estimate of drug-likeness (QED) is 0.942. The van der Waals surface area contributed by atoms with Crippen LogP contribution in [-0.2, 0) is 25.9 Å². The zero-order valence-electron chi connectivity index (χ0n) is 13.0. The minimum Gasteiger partial charge on any atom is -0.310 e. The van der Waals surface area contributed by atoms with Crippen molar-refractivity contribution in [2.75, 3.05) is 6.54 Å². The van der Waals surface area contributed by atoms with Crippen molar-refractivity contribution >= 4 is 0 Å². The van der Waals surface area contributed by atoms with Crippen molar-refractivity contribution in [2.24, 2.45) is 0 Å². The highest BCUT2D eigenvalue weighted by molar-refractivity contribution is 5.23. The second-order valence-electron chi connectivity index (χ2n) is 5.88. The van der Waals surface area contributed by atoms with E-state index < -0.39 is 11.6 Å². The summed E-state index contributed by atoms with van der Waals surface area (Å²) in [4.78, 5) is 21.5. The zero-order chi connectivity index (χ0) is 16.4. The minimum atomic E-state index is -0.456. The van der Waals surface area contributed by atoms with Crippen LogP contribution in [0.1, 0.15) is 36.0 Å². The lowest BCUT2D eigenvalue weighted by atomic mass is 10.1. The molecule has 0 fully saturated rings. The third-order valence-electron chi connectivity index (χ3n) is 4.09. The van der Waals surface area contributed by atoms with Crippen molar-refractivity contribution in [3.63, 3.8) is 0 Å². The molecule has 4 nitrogen and oxygen atoms in total. The zero-order valence-corrected chi connectivity index (χ0v) is 13.0. The number of nitrogens with zero attached hydrogens (tertiary/aromatic N) is 2. The van der Waals surface area contributed by atoms with Gasteiger partial charge in [0.2, 0.25) is 0 Å². The first kappa shape index (κ1) is 15.8. The number of fused-ring (bicyclic) bond motifs is 1. The fourth-order valence-corrected chi connectivity index (χ4v) is 2.93. The lowest BCUT2D eigenvalue weighted by Gasteiger charge is -2.27. The molecule has 1 aliphatic heterocycles. The Labute approximate surface area is 133 Å². The summed E-state index contributed by atoms with van der Waals surface area (Å²) >= 11 is 0. The lowest BCUT2D eigenvalue weighted by molar-refractivity contribution is 0.238. The highest BCUT2D eigenvalue weighted by Crippen LogP contribution is 2.18. The van der Waals surface area contributed by atoms with Gasteiger partial charge in [-0.1, -0.05) is 6.92 Å². The molecule has 1 aromatic heterocycles. The number of rotatable bonds is 4. The van der Waals surface area contributed by atoms with Crippen molar-refractivity contribution in [3.05, 3.63) is 62.8 Å².